The highest BCUT2D eigenvalue weighted by Crippen LogP contribution is 2.25. The van der Waals surface area contributed by atoms with E-state index in [1.807, 2.05) is 11.0 Å². The van der Waals surface area contributed by atoms with E-state index in [2.05, 4.69) is 10.6 Å². The van der Waals surface area contributed by atoms with Gasteiger partial charge in [-0.05, 0) is 43.9 Å². The number of carbonyl (C=O) groups is 3. The molecule has 1 saturated carbocycles. The molecule has 0 spiro atoms. The molecular weight excluding hydrogens is 356 g/mol. The molecule has 1 aliphatic heterocycles. The predicted octanol–water partition coefficient (Wildman–Crippen LogP) is 1.88. The highest BCUT2D eigenvalue weighted by Gasteiger charge is 2.23. The Morgan fingerprint density at radius 3 is 2.43 bits per heavy atom. The van der Waals surface area contributed by atoms with E-state index in [9.17, 15) is 14.4 Å². The topological polar surface area (TPSA) is 105 Å². The molecule has 1 aliphatic carbocycles. The van der Waals surface area contributed by atoms with Crippen molar-refractivity contribution in [1.82, 2.24) is 10.2 Å². The molecule has 1 saturated heterocycles. The minimum Gasteiger partial charge on any atom is -0.369 e. The lowest BCUT2D eigenvalue weighted by molar-refractivity contribution is -0.121. The third-order valence-corrected chi connectivity index (χ3v) is 5.67. The van der Waals surface area contributed by atoms with Crippen molar-refractivity contribution >= 4 is 23.4 Å². The van der Waals surface area contributed by atoms with E-state index in [1.54, 1.807) is 18.2 Å². The SMILES string of the molecule is NC(=O)CN1CCC(NC(=O)c2cccc(NC(=O)C3CCCCC3)c2)CC1. The van der Waals surface area contributed by atoms with Gasteiger partial charge in [-0.2, -0.15) is 0 Å². The van der Waals surface area contributed by atoms with E-state index in [4.69, 9.17) is 5.73 Å². The summed E-state index contributed by atoms with van der Waals surface area (Å²) in [4.78, 5) is 38.0. The second-order valence-corrected chi connectivity index (χ2v) is 7.90. The fourth-order valence-electron chi connectivity index (χ4n) is 4.07. The Kier molecular flexibility index (Phi) is 7.03. The zero-order valence-electron chi connectivity index (χ0n) is 16.3. The Morgan fingerprint density at radius 2 is 1.75 bits per heavy atom. The number of piperidine rings is 1. The molecule has 3 amide bonds. The van der Waals surface area contributed by atoms with Crippen molar-refractivity contribution < 1.29 is 14.4 Å². The van der Waals surface area contributed by atoms with Crippen molar-refractivity contribution in [2.24, 2.45) is 11.7 Å². The lowest BCUT2D eigenvalue weighted by Gasteiger charge is -2.31. The van der Waals surface area contributed by atoms with Gasteiger partial charge in [-0.15, -0.1) is 0 Å². The Hall–Kier alpha value is -2.41. The maximum Gasteiger partial charge on any atom is 0.251 e. The molecule has 0 aromatic heterocycles. The second-order valence-electron chi connectivity index (χ2n) is 7.90. The minimum atomic E-state index is -0.324. The summed E-state index contributed by atoms with van der Waals surface area (Å²) in [5, 5.41) is 6.02. The molecule has 152 valence electrons. The first-order valence-electron chi connectivity index (χ1n) is 10.2. The van der Waals surface area contributed by atoms with Gasteiger partial charge in [0.1, 0.15) is 0 Å². The maximum atomic E-state index is 12.6. The number of likely N-dealkylation sites (tertiary alicyclic amines) is 1. The summed E-state index contributed by atoms with van der Waals surface area (Å²) in [5.74, 6) is -0.326. The first-order valence-corrected chi connectivity index (χ1v) is 10.2. The van der Waals surface area contributed by atoms with Crippen LogP contribution in [-0.4, -0.2) is 48.3 Å². The van der Waals surface area contributed by atoms with Crippen molar-refractivity contribution in [3.63, 3.8) is 0 Å². The molecule has 2 fully saturated rings. The zero-order chi connectivity index (χ0) is 19.9. The molecule has 1 aromatic rings. The standard InChI is InChI=1S/C21H30N4O3/c22-19(26)14-25-11-9-17(10-12-25)23-21(28)16-7-4-8-18(13-16)24-20(27)15-5-2-1-3-6-15/h4,7-8,13,15,17H,1-3,5-6,9-12,14H2,(H2,22,26)(H,23,28)(H,24,27). The lowest BCUT2D eigenvalue weighted by atomic mass is 9.88. The monoisotopic (exact) mass is 386 g/mol. The van der Waals surface area contributed by atoms with Crippen LogP contribution in [0.2, 0.25) is 0 Å². The molecule has 1 heterocycles. The summed E-state index contributed by atoms with van der Waals surface area (Å²) in [7, 11) is 0. The van der Waals surface area contributed by atoms with Gasteiger partial charge in [0.05, 0.1) is 6.54 Å². The number of amides is 3. The van der Waals surface area contributed by atoms with Crippen LogP contribution in [-0.2, 0) is 9.59 Å². The van der Waals surface area contributed by atoms with Gasteiger partial charge >= 0.3 is 0 Å². The number of carbonyl (C=O) groups excluding carboxylic acids is 3. The van der Waals surface area contributed by atoms with Gasteiger partial charge in [0.15, 0.2) is 0 Å². The summed E-state index contributed by atoms with van der Waals surface area (Å²) < 4.78 is 0. The highest BCUT2D eigenvalue weighted by molar-refractivity contribution is 5.97. The molecule has 0 radical (unpaired) electrons. The van der Waals surface area contributed by atoms with Gasteiger partial charge in [0.25, 0.3) is 5.91 Å². The molecule has 1 aromatic carbocycles. The van der Waals surface area contributed by atoms with Gasteiger partial charge in [-0.3, -0.25) is 19.3 Å². The van der Waals surface area contributed by atoms with Gasteiger partial charge in [0.2, 0.25) is 11.8 Å². The second kappa shape index (κ2) is 9.68. The zero-order valence-corrected chi connectivity index (χ0v) is 16.3. The molecule has 3 rings (SSSR count). The fourth-order valence-corrected chi connectivity index (χ4v) is 4.07. The van der Waals surface area contributed by atoms with Crippen molar-refractivity contribution in [2.45, 2.75) is 51.0 Å². The van der Waals surface area contributed by atoms with E-state index in [0.29, 0.717) is 11.3 Å². The van der Waals surface area contributed by atoms with Crippen LogP contribution in [0.1, 0.15) is 55.3 Å². The third-order valence-electron chi connectivity index (χ3n) is 5.67. The minimum absolute atomic E-state index is 0.0547. The van der Waals surface area contributed by atoms with Crippen LogP contribution < -0.4 is 16.4 Å². The van der Waals surface area contributed by atoms with E-state index in [0.717, 1.165) is 51.6 Å². The number of nitrogens with two attached hydrogens (primary N) is 1. The van der Waals surface area contributed by atoms with Crippen LogP contribution in [0.3, 0.4) is 0 Å². The number of nitrogens with one attached hydrogen (secondary N) is 2. The predicted molar refractivity (Wildman–Crippen MR) is 108 cm³/mol. The lowest BCUT2D eigenvalue weighted by Crippen LogP contribution is -2.46. The quantitative estimate of drug-likeness (QED) is 0.694. The molecule has 7 heteroatoms. The molecule has 7 nitrogen and oxygen atoms in total. The van der Waals surface area contributed by atoms with Crippen LogP contribution in [0.4, 0.5) is 5.69 Å². The Labute approximate surface area is 166 Å². The highest BCUT2D eigenvalue weighted by atomic mass is 16.2. The first kappa shape index (κ1) is 20.3. The molecule has 0 unspecified atom stereocenters. The van der Waals surface area contributed by atoms with Crippen LogP contribution in [0.15, 0.2) is 24.3 Å². The van der Waals surface area contributed by atoms with Gasteiger partial charge < -0.3 is 16.4 Å². The average molecular weight is 386 g/mol. The van der Waals surface area contributed by atoms with E-state index < -0.39 is 0 Å². The van der Waals surface area contributed by atoms with Gasteiger partial charge in [-0.25, -0.2) is 0 Å². The van der Waals surface area contributed by atoms with Crippen LogP contribution in [0.25, 0.3) is 0 Å². The number of benzene rings is 1. The molecule has 4 N–H and O–H groups in total. The molecule has 28 heavy (non-hydrogen) atoms. The van der Waals surface area contributed by atoms with E-state index in [1.165, 1.54) is 6.42 Å². The van der Waals surface area contributed by atoms with Gasteiger partial charge in [0, 0.05) is 36.3 Å². The number of hydrogen-bond donors (Lipinski definition) is 3. The number of anilines is 1. The number of rotatable bonds is 6. The van der Waals surface area contributed by atoms with Crippen molar-refractivity contribution in [1.29, 1.82) is 0 Å². The van der Waals surface area contributed by atoms with Crippen molar-refractivity contribution in [3.8, 4) is 0 Å². The van der Waals surface area contributed by atoms with Crippen LogP contribution in [0, 0.1) is 5.92 Å². The van der Waals surface area contributed by atoms with Crippen LogP contribution in [0.5, 0.6) is 0 Å². The summed E-state index contributed by atoms with van der Waals surface area (Å²) >= 11 is 0. The van der Waals surface area contributed by atoms with E-state index in [-0.39, 0.29) is 36.2 Å². The van der Waals surface area contributed by atoms with Gasteiger partial charge in [-0.1, -0.05) is 25.3 Å². The van der Waals surface area contributed by atoms with Crippen LogP contribution >= 0.6 is 0 Å². The van der Waals surface area contributed by atoms with Crippen molar-refractivity contribution in [2.75, 3.05) is 25.0 Å². The first-order chi connectivity index (χ1) is 13.5. The summed E-state index contributed by atoms with van der Waals surface area (Å²) in [6.07, 6.45) is 6.90. The van der Waals surface area contributed by atoms with E-state index >= 15 is 0 Å². The number of nitrogens with zero attached hydrogens (tertiary/aromatic N) is 1. The van der Waals surface area contributed by atoms with Crippen molar-refractivity contribution in [3.05, 3.63) is 29.8 Å². The maximum absolute atomic E-state index is 12.6. The Morgan fingerprint density at radius 1 is 1.04 bits per heavy atom. The Balaban J connectivity index is 1.51. The summed E-state index contributed by atoms with van der Waals surface area (Å²) in [6, 6.07) is 7.18. The normalized spacial score (nSPS) is 19.1. The molecule has 0 bridgehead atoms. The molecular formula is C21H30N4O3. The average Bonchev–Trinajstić information content (AvgIpc) is 2.70. The third kappa shape index (κ3) is 5.79. The number of hydrogen-bond acceptors (Lipinski definition) is 4. The Bertz CT molecular complexity index is 707. The smallest absolute Gasteiger partial charge is 0.251 e. The largest absolute Gasteiger partial charge is 0.369 e. The molecule has 2 aliphatic rings. The summed E-state index contributed by atoms with van der Waals surface area (Å²) in [5.41, 5.74) is 6.44. The summed E-state index contributed by atoms with van der Waals surface area (Å²) in [6.45, 7) is 1.75. The molecule has 0 atom stereocenters. The number of primary amides is 1. The fraction of sp³-hybridized carbons (Fsp3) is 0.571.